The Kier molecular flexibility index (Phi) is 6.70. The summed E-state index contributed by atoms with van der Waals surface area (Å²) >= 11 is 7.47. The lowest BCUT2D eigenvalue weighted by molar-refractivity contribution is -0.118. The predicted octanol–water partition coefficient (Wildman–Crippen LogP) is 2.69. The number of hydrogen-bond acceptors (Lipinski definition) is 3. The number of amides is 1. The van der Waals surface area contributed by atoms with Gasteiger partial charge in [-0.05, 0) is 49.5 Å². The first-order chi connectivity index (χ1) is 9.74. The summed E-state index contributed by atoms with van der Waals surface area (Å²) in [5, 5.41) is 7.14. The molecule has 2 rings (SSSR count). The fraction of sp³-hybridized carbons (Fsp3) is 0.533. The second kappa shape index (κ2) is 8.55. The van der Waals surface area contributed by atoms with Crippen molar-refractivity contribution in [3.8, 4) is 0 Å². The zero-order valence-electron chi connectivity index (χ0n) is 11.5. The molecule has 0 radical (unpaired) electrons. The summed E-state index contributed by atoms with van der Waals surface area (Å²) in [7, 11) is 0. The molecule has 2 N–H and O–H groups in total. The normalized spacial score (nSPS) is 18.8. The van der Waals surface area contributed by atoms with E-state index in [-0.39, 0.29) is 5.91 Å². The number of benzene rings is 1. The fourth-order valence-corrected chi connectivity index (χ4v) is 3.19. The van der Waals surface area contributed by atoms with Gasteiger partial charge in [-0.3, -0.25) is 4.79 Å². The number of halogens is 1. The second-order valence-corrected chi connectivity index (χ2v) is 6.56. The van der Waals surface area contributed by atoms with Gasteiger partial charge in [0.15, 0.2) is 0 Å². The summed E-state index contributed by atoms with van der Waals surface area (Å²) in [5.74, 6) is 2.08. The zero-order valence-corrected chi connectivity index (χ0v) is 13.1. The van der Waals surface area contributed by atoms with E-state index in [1.165, 1.54) is 18.4 Å². The molecule has 1 aromatic rings. The quantitative estimate of drug-likeness (QED) is 0.848. The van der Waals surface area contributed by atoms with Gasteiger partial charge in [-0.15, -0.1) is 11.8 Å². The van der Waals surface area contributed by atoms with Gasteiger partial charge in [-0.25, -0.2) is 0 Å². The van der Waals surface area contributed by atoms with Crippen LogP contribution in [0.15, 0.2) is 24.3 Å². The maximum Gasteiger partial charge on any atom is 0.230 e. The lowest BCUT2D eigenvalue weighted by Crippen LogP contribution is -2.38. The van der Waals surface area contributed by atoms with E-state index in [1.54, 1.807) is 11.8 Å². The van der Waals surface area contributed by atoms with E-state index in [1.807, 2.05) is 24.3 Å². The smallest absolute Gasteiger partial charge is 0.230 e. The minimum Gasteiger partial charge on any atom is -0.355 e. The van der Waals surface area contributed by atoms with Crippen molar-refractivity contribution >= 4 is 29.3 Å². The number of carbonyl (C=O) groups is 1. The average molecular weight is 313 g/mol. The molecule has 1 atom stereocenters. The van der Waals surface area contributed by atoms with Gasteiger partial charge in [-0.1, -0.05) is 23.7 Å². The van der Waals surface area contributed by atoms with E-state index in [0.717, 1.165) is 30.4 Å². The van der Waals surface area contributed by atoms with Crippen molar-refractivity contribution in [3.63, 3.8) is 0 Å². The number of piperidine rings is 1. The molecule has 20 heavy (non-hydrogen) atoms. The van der Waals surface area contributed by atoms with E-state index in [2.05, 4.69) is 10.6 Å². The number of nitrogens with one attached hydrogen (secondary N) is 2. The van der Waals surface area contributed by atoms with Gasteiger partial charge in [-0.2, -0.15) is 0 Å². The second-order valence-electron chi connectivity index (χ2n) is 5.14. The maximum atomic E-state index is 11.8. The SMILES string of the molecule is O=C(CSCc1ccc(Cl)cc1)NCC1CCCNC1. The maximum absolute atomic E-state index is 11.8. The van der Waals surface area contributed by atoms with Crippen LogP contribution in [0.3, 0.4) is 0 Å². The molecule has 0 bridgehead atoms. The highest BCUT2D eigenvalue weighted by atomic mass is 35.5. The molecule has 0 aliphatic carbocycles. The Labute approximate surface area is 129 Å². The highest BCUT2D eigenvalue weighted by Gasteiger charge is 2.13. The summed E-state index contributed by atoms with van der Waals surface area (Å²) in [6.45, 7) is 2.94. The van der Waals surface area contributed by atoms with E-state index >= 15 is 0 Å². The molecule has 1 aliphatic rings. The van der Waals surface area contributed by atoms with Crippen molar-refractivity contribution < 1.29 is 4.79 Å². The van der Waals surface area contributed by atoms with Crippen molar-refractivity contribution in [3.05, 3.63) is 34.9 Å². The van der Waals surface area contributed by atoms with Crippen molar-refractivity contribution in [2.24, 2.45) is 5.92 Å². The van der Waals surface area contributed by atoms with E-state index < -0.39 is 0 Å². The molecule has 1 fully saturated rings. The van der Waals surface area contributed by atoms with Gasteiger partial charge in [0.05, 0.1) is 5.75 Å². The Morgan fingerprint density at radius 1 is 1.40 bits per heavy atom. The predicted molar refractivity (Wildman–Crippen MR) is 86.2 cm³/mol. The molecule has 1 amide bonds. The number of hydrogen-bond donors (Lipinski definition) is 2. The van der Waals surface area contributed by atoms with Crippen LogP contribution >= 0.6 is 23.4 Å². The highest BCUT2D eigenvalue weighted by molar-refractivity contribution is 7.99. The van der Waals surface area contributed by atoms with Gasteiger partial charge in [0.25, 0.3) is 0 Å². The number of thioether (sulfide) groups is 1. The molecule has 0 aromatic heterocycles. The monoisotopic (exact) mass is 312 g/mol. The Morgan fingerprint density at radius 2 is 2.20 bits per heavy atom. The molecule has 0 saturated carbocycles. The van der Waals surface area contributed by atoms with Crippen LogP contribution in [0, 0.1) is 5.92 Å². The van der Waals surface area contributed by atoms with Crippen LogP contribution in [-0.4, -0.2) is 31.3 Å². The third kappa shape index (κ3) is 5.73. The highest BCUT2D eigenvalue weighted by Crippen LogP contribution is 2.15. The topological polar surface area (TPSA) is 41.1 Å². The Hall–Kier alpha value is -0.710. The van der Waals surface area contributed by atoms with Crippen LogP contribution in [0.25, 0.3) is 0 Å². The summed E-state index contributed by atoms with van der Waals surface area (Å²) < 4.78 is 0. The molecular formula is C15H21ClN2OS. The molecule has 110 valence electrons. The van der Waals surface area contributed by atoms with E-state index in [9.17, 15) is 4.79 Å². The summed E-state index contributed by atoms with van der Waals surface area (Å²) in [4.78, 5) is 11.8. The lowest BCUT2D eigenvalue weighted by atomic mass is 10.00. The molecule has 1 saturated heterocycles. The van der Waals surface area contributed by atoms with Crippen LogP contribution < -0.4 is 10.6 Å². The largest absolute Gasteiger partial charge is 0.355 e. The summed E-state index contributed by atoms with van der Waals surface area (Å²) in [6.07, 6.45) is 2.43. The van der Waals surface area contributed by atoms with Crippen LogP contribution in [0.5, 0.6) is 0 Å². The molecule has 1 heterocycles. The van der Waals surface area contributed by atoms with Crippen molar-refractivity contribution in [1.82, 2.24) is 10.6 Å². The first kappa shape index (κ1) is 15.7. The molecule has 3 nitrogen and oxygen atoms in total. The molecular weight excluding hydrogens is 292 g/mol. The molecule has 5 heteroatoms. The average Bonchev–Trinajstić information content (AvgIpc) is 2.48. The van der Waals surface area contributed by atoms with Crippen LogP contribution in [0.2, 0.25) is 5.02 Å². The third-order valence-corrected chi connectivity index (χ3v) is 4.66. The number of carbonyl (C=O) groups excluding carboxylic acids is 1. The van der Waals surface area contributed by atoms with Crippen LogP contribution in [0.1, 0.15) is 18.4 Å². The first-order valence-corrected chi connectivity index (χ1v) is 8.57. The number of rotatable bonds is 6. The summed E-state index contributed by atoms with van der Waals surface area (Å²) in [5.41, 5.74) is 1.20. The Bertz CT molecular complexity index is 418. The van der Waals surface area contributed by atoms with Gasteiger partial charge in [0, 0.05) is 17.3 Å². The van der Waals surface area contributed by atoms with Gasteiger partial charge >= 0.3 is 0 Å². The van der Waals surface area contributed by atoms with E-state index in [0.29, 0.717) is 11.7 Å². The molecule has 1 aliphatic heterocycles. The summed E-state index contributed by atoms with van der Waals surface area (Å²) in [6, 6.07) is 7.77. The van der Waals surface area contributed by atoms with Crippen molar-refractivity contribution in [2.75, 3.05) is 25.4 Å². The lowest BCUT2D eigenvalue weighted by Gasteiger charge is -2.22. The minimum atomic E-state index is 0.134. The van der Waals surface area contributed by atoms with Crippen molar-refractivity contribution in [2.45, 2.75) is 18.6 Å². The molecule has 1 unspecified atom stereocenters. The Balaban J connectivity index is 1.58. The van der Waals surface area contributed by atoms with Crippen molar-refractivity contribution in [1.29, 1.82) is 0 Å². The van der Waals surface area contributed by atoms with Gasteiger partial charge in [0.2, 0.25) is 5.91 Å². The fourth-order valence-electron chi connectivity index (χ4n) is 2.25. The van der Waals surface area contributed by atoms with Crippen LogP contribution in [0.4, 0.5) is 0 Å². The van der Waals surface area contributed by atoms with Gasteiger partial charge < -0.3 is 10.6 Å². The van der Waals surface area contributed by atoms with E-state index in [4.69, 9.17) is 11.6 Å². The molecule has 0 spiro atoms. The third-order valence-electron chi connectivity index (χ3n) is 3.40. The minimum absolute atomic E-state index is 0.134. The Morgan fingerprint density at radius 3 is 2.90 bits per heavy atom. The standard InChI is InChI=1S/C15H21ClN2OS/c16-14-5-3-12(4-6-14)10-20-11-15(19)18-9-13-2-1-7-17-8-13/h3-6,13,17H,1-2,7-11H2,(H,18,19). The van der Waals surface area contributed by atoms with Gasteiger partial charge in [0.1, 0.15) is 0 Å². The zero-order chi connectivity index (χ0) is 14.2. The van der Waals surface area contributed by atoms with Crippen LogP contribution in [-0.2, 0) is 10.5 Å². The molecule has 1 aromatic carbocycles. The first-order valence-electron chi connectivity index (χ1n) is 7.03.